The summed E-state index contributed by atoms with van der Waals surface area (Å²) >= 11 is 0. The Bertz CT molecular complexity index is 694. The van der Waals surface area contributed by atoms with Gasteiger partial charge in [-0.1, -0.05) is 53.7 Å². The molecule has 1 aromatic heterocycles. The number of rotatable bonds is 4. The highest BCUT2D eigenvalue weighted by Crippen LogP contribution is 2.19. The highest BCUT2D eigenvalue weighted by atomic mass is 16.5. The van der Waals surface area contributed by atoms with Crippen molar-refractivity contribution in [3.63, 3.8) is 0 Å². The minimum Gasteiger partial charge on any atom is -0.364 e. The Morgan fingerprint density at radius 1 is 0.952 bits per heavy atom. The number of aromatic nitrogens is 1. The first-order chi connectivity index (χ1) is 10.3. The fourth-order valence-corrected chi connectivity index (χ4v) is 2.12. The monoisotopic (exact) mass is 278 g/mol. The Morgan fingerprint density at radius 3 is 2.24 bits per heavy atom. The molecule has 3 rings (SSSR count). The van der Waals surface area contributed by atoms with Gasteiger partial charge in [-0.2, -0.15) is 0 Å². The molecule has 1 amide bonds. The van der Waals surface area contributed by atoms with Gasteiger partial charge in [-0.3, -0.25) is 4.79 Å². The van der Waals surface area contributed by atoms with E-state index in [1.807, 2.05) is 60.7 Å². The summed E-state index contributed by atoms with van der Waals surface area (Å²) in [5, 5.41) is 3.74. The van der Waals surface area contributed by atoms with E-state index in [0.29, 0.717) is 12.2 Å². The molecule has 0 bridgehead atoms. The van der Waals surface area contributed by atoms with Crippen LogP contribution in [0.15, 0.2) is 77.5 Å². The molecule has 0 spiro atoms. The molecule has 0 saturated heterocycles. The third kappa shape index (κ3) is 3.00. The Morgan fingerprint density at radius 2 is 1.62 bits per heavy atom. The molecule has 0 aliphatic heterocycles. The van der Waals surface area contributed by atoms with Crippen molar-refractivity contribution in [1.82, 2.24) is 5.16 Å². The zero-order chi connectivity index (χ0) is 14.5. The van der Waals surface area contributed by atoms with Gasteiger partial charge < -0.3 is 9.42 Å². The molecule has 2 aromatic carbocycles. The smallest absolute Gasteiger partial charge is 0.280 e. The zero-order valence-corrected chi connectivity index (χ0v) is 11.3. The number of para-hydroxylation sites is 1. The number of benzene rings is 2. The van der Waals surface area contributed by atoms with Gasteiger partial charge in [-0.15, -0.1) is 0 Å². The summed E-state index contributed by atoms with van der Waals surface area (Å²) < 4.78 is 4.77. The summed E-state index contributed by atoms with van der Waals surface area (Å²) in [7, 11) is 0. The highest BCUT2D eigenvalue weighted by Gasteiger charge is 2.20. The maximum atomic E-state index is 12.6. The van der Waals surface area contributed by atoms with Crippen LogP contribution in [0.4, 0.5) is 5.69 Å². The van der Waals surface area contributed by atoms with Crippen LogP contribution in [0.5, 0.6) is 0 Å². The van der Waals surface area contributed by atoms with Crippen LogP contribution in [0.3, 0.4) is 0 Å². The van der Waals surface area contributed by atoms with E-state index in [4.69, 9.17) is 4.52 Å². The van der Waals surface area contributed by atoms with Gasteiger partial charge in [-0.25, -0.2) is 0 Å². The fourth-order valence-electron chi connectivity index (χ4n) is 2.12. The molecule has 4 nitrogen and oxygen atoms in total. The lowest BCUT2D eigenvalue weighted by Crippen LogP contribution is -2.30. The predicted molar refractivity (Wildman–Crippen MR) is 79.9 cm³/mol. The number of hydrogen-bond donors (Lipinski definition) is 0. The number of anilines is 1. The normalized spacial score (nSPS) is 10.3. The van der Waals surface area contributed by atoms with Crippen molar-refractivity contribution in [3.8, 4) is 0 Å². The molecule has 0 fully saturated rings. The van der Waals surface area contributed by atoms with Gasteiger partial charge in [0.2, 0.25) is 0 Å². The van der Waals surface area contributed by atoms with E-state index in [2.05, 4.69) is 5.16 Å². The van der Waals surface area contributed by atoms with Crippen LogP contribution in [-0.2, 0) is 6.54 Å². The SMILES string of the molecule is O=C(c1ccon1)N(Cc1ccccc1)c1ccccc1. The second-order valence-corrected chi connectivity index (χ2v) is 4.60. The number of carbonyl (C=O) groups is 1. The number of nitrogens with zero attached hydrogens (tertiary/aromatic N) is 2. The molecule has 3 aromatic rings. The first-order valence-corrected chi connectivity index (χ1v) is 6.66. The molecule has 21 heavy (non-hydrogen) atoms. The maximum Gasteiger partial charge on any atom is 0.280 e. The minimum absolute atomic E-state index is 0.182. The van der Waals surface area contributed by atoms with Crippen molar-refractivity contribution >= 4 is 11.6 Å². The molecule has 4 heteroatoms. The highest BCUT2D eigenvalue weighted by molar-refractivity contribution is 6.04. The van der Waals surface area contributed by atoms with Gasteiger partial charge in [0, 0.05) is 11.8 Å². The standard InChI is InChI=1S/C17H14N2O2/c20-17(16-11-12-21-18-16)19(15-9-5-2-6-10-15)13-14-7-3-1-4-8-14/h1-12H,13H2. The topological polar surface area (TPSA) is 46.3 Å². The van der Waals surface area contributed by atoms with Crippen molar-refractivity contribution in [2.24, 2.45) is 0 Å². The van der Waals surface area contributed by atoms with Crippen molar-refractivity contribution in [2.45, 2.75) is 6.54 Å². The van der Waals surface area contributed by atoms with Gasteiger partial charge in [-0.05, 0) is 17.7 Å². The number of amides is 1. The lowest BCUT2D eigenvalue weighted by molar-refractivity contribution is 0.0976. The number of hydrogen-bond acceptors (Lipinski definition) is 3. The van der Waals surface area contributed by atoms with E-state index in [1.165, 1.54) is 6.26 Å². The third-order valence-electron chi connectivity index (χ3n) is 3.15. The van der Waals surface area contributed by atoms with Crippen molar-refractivity contribution < 1.29 is 9.32 Å². The summed E-state index contributed by atoms with van der Waals surface area (Å²) in [6, 6.07) is 21.0. The molecule has 104 valence electrons. The minimum atomic E-state index is -0.182. The predicted octanol–water partition coefficient (Wildman–Crippen LogP) is 3.52. The Labute approximate surface area is 122 Å². The quantitative estimate of drug-likeness (QED) is 0.733. The summed E-state index contributed by atoms with van der Waals surface area (Å²) in [6.45, 7) is 0.483. The number of carbonyl (C=O) groups excluding carboxylic acids is 1. The second kappa shape index (κ2) is 6.05. The van der Waals surface area contributed by atoms with Crippen LogP contribution in [0.25, 0.3) is 0 Å². The van der Waals surface area contributed by atoms with Crippen molar-refractivity contribution in [1.29, 1.82) is 0 Å². The molecule has 0 atom stereocenters. The summed E-state index contributed by atoms with van der Waals surface area (Å²) in [4.78, 5) is 14.3. The van der Waals surface area contributed by atoms with Crippen LogP contribution in [0.2, 0.25) is 0 Å². The molecule has 0 unspecified atom stereocenters. The Hall–Kier alpha value is -2.88. The second-order valence-electron chi connectivity index (χ2n) is 4.60. The van der Waals surface area contributed by atoms with Crippen molar-refractivity contribution in [3.05, 3.63) is 84.3 Å². The molecular formula is C17H14N2O2. The largest absolute Gasteiger partial charge is 0.364 e. The Kier molecular flexibility index (Phi) is 3.78. The first-order valence-electron chi connectivity index (χ1n) is 6.66. The average Bonchev–Trinajstić information content (AvgIpc) is 3.08. The molecule has 0 N–H and O–H groups in total. The molecule has 0 saturated carbocycles. The molecule has 1 heterocycles. The van der Waals surface area contributed by atoms with Crippen LogP contribution in [0.1, 0.15) is 16.1 Å². The van der Waals surface area contributed by atoms with Gasteiger partial charge in [0.25, 0.3) is 5.91 Å². The molecular weight excluding hydrogens is 264 g/mol. The average molecular weight is 278 g/mol. The van der Waals surface area contributed by atoms with E-state index in [9.17, 15) is 4.79 Å². The van der Waals surface area contributed by atoms with Gasteiger partial charge in [0.15, 0.2) is 5.69 Å². The van der Waals surface area contributed by atoms with Gasteiger partial charge in [0.1, 0.15) is 6.26 Å². The van der Waals surface area contributed by atoms with Crippen LogP contribution >= 0.6 is 0 Å². The van der Waals surface area contributed by atoms with E-state index in [1.54, 1.807) is 11.0 Å². The molecule has 0 aliphatic carbocycles. The van der Waals surface area contributed by atoms with E-state index >= 15 is 0 Å². The molecule has 0 aliphatic rings. The van der Waals surface area contributed by atoms with Crippen LogP contribution in [0, 0.1) is 0 Å². The zero-order valence-electron chi connectivity index (χ0n) is 11.3. The lowest BCUT2D eigenvalue weighted by atomic mass is 10.2. The first kappa shape index (κ1) is 13.1. The van der Waals surface area contributed by atoms with E-state index in [-0.39, 0.29) is 5.91 Å². The van der Waals surface area contributed by atoms with Crippen LogP contribution in [-0.4, -0.2) is 11.1 Å². The summed E-state index contributed by atoms with van der Waals surface area (Å²) in [5.74, 6) is -0.182. The maximum absolute atomic E-state index is 12.6. The summed E-state index contributed by atoms with van der Waals surface area (Å²) in [5.41, 5.74) is 2.18. The Balaban J connectivity index is 1.93. The van der Waals surface area contributed by atoms with Gasteiger partial charge in [0.05, 0.1) is 6.54 Å². The lowest BCUT2D eigenvalue weighted by Gasteiger charge is -2.22. The fraction of sp³-hybridized carbons (Fsp3) is 0.0588. The van der Waals surface area contributed by atoms with Gasteiger partial charge >= 0.3 is 0 Å². The van der Waals surface area contributed by atoms with Crippen molar-refractivity contribution in [2.75, 3.05) is 4.90 Å². The van der Waals surface area contributed by atoms with E-state index < -0.39 is 0 Å². The molecule has 0 radical (unpaired) electrons. The summed E-state index contributed by atoms with van der Waals surface area (Å²) in [6.07, 6.45) is 1.40. The third-order valence-corrected chi connectivity index (χ3v) is 3.15. The van der Waals surface area contributed by atoms with Crippen LogP contribution < -0.4 is 4.90 Å². The van der Waals surface area contributed by atoms with E-state index in [0.717, 1.165) is 11.3 Å².